The van der Waals surface area contributed by atoms with E-state index in [9.17, 15) is 13.2 Å². The molecule has 1 aliphatic rings. The Morgan fingerprint density at radius 3 is 2.78 bits per heavy atom. The van der Waals surface area contributed by atoms with E-state index in [0.29, 0.717) is 17.0 Å². The first-order valence-corrected chi connectivity index (χ1v) is 10.1. The largest absolute Gasteiger partial charge is 0.351 e. The van der Waals surface area contributed by atoms with Crippen LogP contribution in [0.5, 0.6) is 0 Å². The van der Waals surface area contributed by atoms with Crippen molar-refractivity contribution in [3.05, 3.63) is 65.4 Å². The molecule has 3 aromatic rings. The molecule has 0 aliphatic carbocycles. The molecule has 138 valence electrons. The molecule has 0 fully saturated rings. The highest BCUT2D eigenvalue weighted by Gasteiger charge is 2.22. The van der Waals surface area contributed by atoms with Crippen molar-refractivity contribution in [2.75, 3.05) is 18.1 Å². The number of nitrogens with zero attached hydrogens (tertiary/aromatic N) is 1. The number of hydrogen-bond donors (Lipinski definition) is 2. The summed E-state index contributed by atoms with van der Waals surface area (Å²) in [6.45, 7) is -0.0487. The Kier molecular flexibility index (Phi) is 4.29. The van der Waals surface area contributed by atoms with Crippen LogP contribution < -0.4 is 5.32 Å². The van der Waals surface area contributed by atoms with Crippen molar-refractivity contribution in [1.82, 2.24) is 4.98 Å². The highest BCUT2D eigenvalue weighted by Crippen LogP contribution is 2.31. The average molecular weight is 383 g/mol. The van der Waals surface area contributed by atoms with Crippen LogP contribution in [0.1, 0.15) is 16.8 Å². The minimum absolute atomic E-state index is 0.0102. The maximum Gasteiger partial charge on any atom is 0.264 e. The molecule has 0 atom stereocenters. The summed E-state index contributed by atoms with van der Waals surface area (Å²) in [5.41, 5.74) is 4.43. The zero-order chi connectivity index (χ0) is 19.0. The maximum atomic E-state index is 12.1. The van der Waals surface area contributed by atoms with Gasteiger partial charge in [0.2, 0.25) is 5.91 Å². The number of benzene rings is 2. The lowest BCUT2D eigenvalue weighted by atomic mass is 10.0. The molecule has 8 heteroatoms. The Labute approximate surface area is 156 Å². The molecule has 0 bridgehead atoms. The molecule has 1 amide bonds. The molecule has 2 heterocycles. The van der Waals surface area contributed by atoms with E-state index in [2.05, 4.69) is 15.3 Å². The van der Waals surface area contributed by atoms with Gasteiger partial charge in [0, 0.05) is 16.5 Å². The third kappa shape index (κ3) is 3.62. The van der Waals surface area contributed by atoms with E-state index in [4.69, 9.17) is 4.18 Å². The molecule has 1 aliphatic heterocycles. The number of nitrogens with one attached hydrogen (secondary N) is 2. The van der Waals surface area contributed by atoms with Crippen molar-refractivity contribution in [3.63, 3.8) is 0 Å². The molecular formula is C19H17N3O4S. The van der Waals surface area contributed by atoms with E-state index in [-0.39, 0.29) is 19.1 Å². The molecule has 0 radical (unpaired) electrons. The molecule has 0 saturated heterocycles. The van der Waals surface area contributed by atoms with Crippen LogP contribution in [0, 0.1) is 0 Å². The Hall–Kier alpha value is -2.97. The number of anilines is 1. The summed E-state index contributed by atoms with van der Waals surface area (Å²) >= 11 is 0. The number of H-pyrrole nitrogens is 1. The van der Waals surface area contributed by atoms with E-state index >= 15 is 0 Å². The fraction of sp³-hybridized carbons (Fsp3) is 0.158. The lowest BCUT2D eigenvalue weighted by Crippen LogP contribution is -2.13. The van der Waals surface area contributed by atoms with E-state index in [0.717, 1.165) is 28.4 Å². The van der Waals surface area contributed by atoms with Gasteiger partial charge in [-0.25, -0.2) is 0 Å². The standard InChI is InChI=1S/C19H17N3O4S/c1-27(24,25)26-11-12-5-4-6-13(9-12)17-19-18(22-16(23)10-20-17)14-7-2-3-8-15(14)21-19/h2-9,21H,10-11H2,1H3,(H,22,23). The summed E-state index contributed by atoms with van der Waals surface area (Å²) in [6, 6.07) is 15.0. The van der Waals surface area contributed by atoms with Crippen molar-refractivity contribution in [1.29, 1.82) is 0 Å². The third-order valence-corrected chi connectivity index (χ3v) is 4.77. The minimum Gasteiger partial charge on any atom is -0.351 e. The molecule has 1 aromatic heterocycles. The van der Waals surface area contributed by atoms with Gasteiger partial charge < -0.3 is 10.3 Å². The van der Waals surface area contributed by atoms with Crippen LogP contribution in [0.25, 0.3) is 10.9 Å². The second-order valence-corrected chi connectivity index (χ2v) is 7.94. The number of para-hydroxylation sites is 1. The van der Waals surface area contributed by atoms with E-state index < -0.39 is 10.1 Å². The summed E-state index contributed by atoms with van der Waals surface area (Å²) in [6.07, 6.45) is 1.01. The molecule has 2 N–H and O–H groups in total. The highest BCUT2D eigenvalue weighted by molar-refractivity contribution is 7.85. The Morgan fingerprint density at radius 2 is 1.96 bits per heavy atom. The lowest BCUT2D eigenvalue weighted by molar-refractivity contribution is -0.114. The van der Waals surface area contributed by atoms with Gasteiger partial charge in [0.1, 0.15) is 6.54 Å². The first kappa shape index (κ1) is 17.4. The Bertz CT molecular complexity index is 1180. The summed E-state index contributed by atoms with van der Waals surface area (Å²) in [5.74, 6) is -0.187. The number of hydrogen-bond acceptors (Lipinski definition) is 5. The molecule has 27 heavy (non-hydrogen) atoms. The summed E-state index contributed by atoms with van der Waals surface area (Å²) in [7, 11) is -3.53. The summed E-state index contributed by atoms with van der Waals surface area (Å²) in [5, 5.41) is 3.83. The number of fused-ring (bicyclic) bond motifs is 3. The second kappa shape index (κ2) is 6.64. The van der Waals surface area contributed by atoms with Crippen LogP contribution in [-0.4, -0.2) is 37.8 Å². The van der Waals surface area contributed by atoms with Crippen molar-refractivity contribution in [2.24, 2.45) is 4.99 Å². The lowest BCUT2D eigenvalue weighted by Gasteiger charge is -2.08. The molecular weight excluding hydrogens is 366 g/mol. The van der Waals surface area contributed by atoms with Gasteiger partial charge in [-0.2, -0.15) is 8.42 Å². The van der Waals surface area contributed by atoms with Gasteiger partial charge in [0.15, 0.2) is 0 Å². The zero-order valence-corrected chi connectivity index (χ0v) is 15.3. The van der Waals surface area contributed by atoms with Crippen LogP contribution in [0.4, 0.5) is 5.69 Å². The predicted molar refractivity (Wildman–Crippen MR) is 104 cm³/mol. The number of aromatic nitrogens is 1. The van der Waals surface area contributed by atoms with Gasteiger partial charge in [0.05, 0.1) is 30.0 Å². The Morgan fingerprint density at radius 1 is 1.15 bits per heavy atom. The van der Waals surface area contributed by atoms with Crippen molar-refractivity contribution in [3.8, 4) is 0 Å². The molecule has 4 rings (SSSR count). The highest BCUT2D eigenvalue weighted by atomic mass is 32.2. The molecule has 0 saturated carbocycles. The maximum absolute atomic E-state index is 12.1. The zero-order valence-electron chi connectivity index (χ0n) is 14.5. The smallest absolute Gasteiger partial charge is 0.264 e. The quantitative estimate of drug-likeness (QED) is 0.676. The van der Waals surface area contributed by atoms with Gasteiger partial charge >= 0.3 is 0 Å². The Balaban J connectivity index is 1.79. The monoisotopic (exact) mass is 383 g/mol. The molecule has 0 spiro atoms. The van der Waals surface area contributed by atoms with Crippen LogP contribution in [0.2, 0.25) is 0 Å². The van der Waals surface area contributed by atoms with Gasteiger partial charge in [-0.3, -0.25) is 14.0 Å². The minimum atomic E-state index is -3.53. The molecule has 0 unspecified atom stereocenters. The second-order valence-electron chi connectivity index (χ2n) is 6.30. The van der Waals surface area contributed by atoms with Gasteiger partial charge in [-0.05, 0) is 17.7 Å². The van der Waals surface area contributed by atoms with Crippen LogP contribution >= 0.6 is 0 Å². The number of carbonyl (C=O) groups is 1. The fourth-order valence-corrected chi connectivity index (χ4v) is 3.43. The van der Waals surface area contributed by atoms with E-state index in [1.54, 1.807) is 12.1 Å². The topological polar surface area (TPSA) is 101 Å². The van der Waals surface area contributed by atoms with E-state index in [1.807, 2.05) is 36.4 Å². The first-order valence-electron chi connectivity index (χ1n) is 8.30. The number of aliphatic imine (C=N–C) groups is 1. The summed E-state index contributed by atoms with van der Waals surface area (Å²) in [4.78, 5) is 19.9. The first-order chi connectivity index (χ1) is 12.9. The van der Waals surface area contributed by atoms with Gasteiger partial charge in [-0.15, -0.1) is 0 Å². The third-order valence-electron chi connectivity index (χ3n) is 4.23. The molecule has 2 aromatic carbocycles. The van der Waals surface area contributed by atoms with Crippen LogP contribution in [0.3, 0.4) is 0 Å². The SMILES string of the molecule is CS(=O)(=O)OCc1cccc(C2=NCC(=O)Nc3c2[nH]c2ccccc32)c1. The van der Waals surface area contributed by atoms with Gasteiger partial charge in [0.25, 0.3) is 10.1 Å². The van der Waals surface area contributed by atoms with Crippen LogP contribution in [0.15, 0.2) is 53.5 Å². The normalized spacial score (nSPS) is 14.4. The average Bonchev–Trinajstić information content (AvgIpc) is 2.90. The summed E-state index contributed by atoms with van der Waals surface area (Å²) < 4.78 is 27.4. The predicted octanol–water partition coefficient (Wildman–Crippen LogP) is 2.43. The van der Waals surface area contributed by atoms with Crippen molar-refractivity contribution < 1.29 is 17.4 Å². The number of carbonyl (C=O) groups excluding carboxylic acids is 1. The fourth-order valence-electron chi connectivity index (χ4n) is 3.08. The number of rotatable bonds is 4. The van der Waals surface area contributed by atoms with Crippen molar-refractivity contribution >= 4 is 38.3 Å². The number of amides is 1. The van der Waals surface area contributed by atoms with Gasteiger partial charge in [-0.1, -0.05) is 36.4 Å². The molecule has 7 nitrogen and oxygen atoms in total. The van der Waals surface area contributed by atoms with E-state index in [1.165, 1.54) is 0 Å². The van der Waals surface area contributed by atoms with Crippen molar-refractivity contribution in [2.45, 2.75) is 6.61 Å². The van der Waals surface area contributed by atoms with Crippen LogP contribution in [-0.2, 0) is 25.7 Å². The number of aromatic amines is 1.